The molecule has 2 aromatic heterocycles. The van der Waals surface area contributed by atoms with E-state index in [0.29, 0.717) is 23.7 Å². The molecular formula is C14H21N5O2S. The fourth-order valence-electron chi connectivity index (χ4n) is 3.14. The highest BCUT2D eigenvalue weighted by Crippen LogP contribution is 2.31. The zero-order valence-electron chi connectivity index (χ0n) is 13.3. The van der Waals surface area contributed by atoms with E-state index in [0.717, 1.165) is 17.9 Å². The molecule has 2 aromatic rings. The van der Waals surface area contributed by atoms with E-state index >= 15 is 0 Å². The van der Waals surface area contributed by atoms with Crippen molar-refractivity contribution in [2.45, 2.75) is 31.1 Å². The molecule has 3 heterocycles. The van der Waals surface area contributed by atoms with Crippen molar-refractivity contribution < 1.29 is 8.42 Å². The summed E-state index contributed by atoms with van der Waals surface area (Å²) in [5.74, 6) is 1.10. The molecule has 22 heavy (non-hydrogen) atoms. The summed E-state index contributed by atoms with van der Waals surface area (Å²) in [6.07, 6.45) is 4.34. The average Bonchev–Trinajstić information content (AvgIpc) is 3.09. The maximum Gasteiger partial charge on any atom is 0.246 e. The van der Waals surface area contributed by atoms with E-state index < -0.39 is 10.0 Å². The Kier molecular flexibility index (Phi) is 3.60. The van der Waals surface area contributed by atoms with Gasteiger partial charge in [0.15, 0.2) is 0 Å². The lowest BCUT2D eigenvalue weighted by molar-refractivity contribution is 0.469. The first-order chi connectivity index (χ1) is 10.3. The number of aromatic nitrogens is 4. The first-order valence-corrected chi connectivity index (χ1v) is 8.73. The number of aryl methyl sites for hydroxylation is 4. The van der Waals surface area contributed by atoms with Crippen molar-refractivity contribution in [1.82, 2.24) is 23.6 Å². The van der Waals surface area contributed by atoms with Gasteiger partial charge < -0.3 is 4.57 Å². The Morgan fingerprint density at radius 2 is 1.95 bits per heavy atom. The van der Waals surface area contributed by atoms with Gasteiger partial charge in [0, 0.05) is 45.5 Å². The number of hydrogen-bond donors (Lipinski definition) is 0. The van der Waals surface area contributed by atoms with Gasteiger partial charge in [0.25, 0.3) is 0 Å². The smallest absolute Gasteiger partial charge is 0.246 e. The van der Waals surface area contributed by atoms with Gasteiger partial charge in [-0.1, -0.05) is 0 Å². The third kappa shape index (κ3) is 2.46. The molecule has 0 radical (unpaired) electrons. The summed E-state index contributed by atoms with van der Waals surface area (Å²) >= 11 is 0. The minimum absolute atomic E-state index is 0.144. The van der Waals surface area contributed by atoms with Gasteiger partial charge in [-0.05, 0) is 20.3 Å². The van der Waals surface area contributed by atoms with Crippen LogP contribution in [0.15, 0.2) is 17.3 Å². The number of nitrogens with zero attached hydrogens (tertiary/aromatic N) is 5. The quantitative estimate of drug-likeness (QED) is 0.843. The van der Waals surface area contributed by atoms with Gasteiger partial charge in [-0.3, -0.25) is 4.68 Å². The van der Waals surface area contributed by atoms with Crippen LogP contribution in [0.25, 0.3) is 0 Å². The predicted octanol–water partition coefficient (Wildman–Crippen LogP) is 0.949. The monoisotopic (exact) mass is 323 g/mol. The standard InChI is InChI=1S/C14H21N5O2S/c1-10-7-17(3)14(15-10)12-5-6-19(8-12)22(20,21)13-9-18(4)16-11(13)2/h7,9,12H,5-6,8H2,1-4H3/t12-/m0/s1. The molecule has 1 aliphatic rings. The number of rotatable bonds is 3. The Balaban J connectivity index is 1.86. The highest BCUT2D eigenvalue weighted by Gasteiger charge is 2.36. The summed E-state index contributed by atoms with van der Waals surface area (Å²) in [5, 5.41) is 4.14. The first kappa shape index (κ1) is 15.2. The van der Waals surface area contributed by atoms with Crippen LogP contribution in [0.2, 0.25) is 0 Å². The van der Waals surface area contributed by atoms with Crippen molar-refractivity contribution >= 4 is 10.0 Å². The van der Waals surface area contributed by atoms with Crippen LogP contribution in [0.4, 0.5) is 0 Å². The molecule has 1 fully saturated rings. The molecule has 0 aromatic carbocycles. The minimum atomic E-state index is -3.48. The summed E-state index contributed by atoms with van der Waals surface area (Å²) < 4.78 is 30.6. The topological polar surface area (TPSA) is 73.0 Å². The molecule has 0 saturated carbocycles. The van der Waals surface area contributed by atoms with Crippen molar-refractivity contribution in [3.05, 3.63) is 29.6 Å². The summed E-state index contributed by atoms with van der Waals surface area (Å²) in [4.78, 5) is 4.83. The van der Waals surface area contributed by atoms with Crippen molar-refractivity contribution in [3.8, 4) is 0 Å². The van der Waals surface area contributed by atoms with E-state index in [1.165, 1.54) is 4.68 Å². The third-order valence-electron chi connectivity index (χ3n) is 4.14. The van der Waals surface area contributed by atoms with Crippen LogP contribution < -0.4 is 0 Å². The molecule has 3 rings (SSSR count). The van der Waals surface area contributed by atoms with Crippen molar-refractivity contribution in [3.63, 3.8) is 0 Å². The lowest BCUT2D eigenvalue weighted by Gasteiger charge is -2.16. The molecule has 8 heteroatoms. The van der Waals surface area contributed by atoms with Crippen LogP contribution >= 0.6 is 0 Å². The molecule has 0 N–H and O–H groups in total. The Labute approximate surface area is 130 Å². The molecule has 1 saturated heterocycles. The molecule has 0 aliphatic carbocycles. The minimum Gasteiger partial charge on any atom is -0.337 e. The molecule has 1 aliphatic heterocycles. The van der Waals surface area contributed by atoms with E-state index in [2.05, 4.69) is 10.1 Å². The Morgan fingerprint density at radius 1 is 1.23 bits per heavy atom. The van der Waals surface area contributed by atoms with Crippen LogP contribution in [-0.2, 0) is 24.1 Å². The van der Waals surface area contributed by atoms with Gasteiger partial charge in [0.1, 0.15) is 10.7 Å². The maximum absolute atomic E-state index is 12.8. The van der Waals surface area contributed by atoms with Crippen molar-refractivity contribution in [2.24, 2.45) is 14.1 Å². The predicted molar refractivity (Wildman–Crippen MR) is 82.0 cm³/mol. The second-order valence-corrected chi connectivity index (χ2v) is 7.86. The fraction of sp³-hybridized carbons (Fsp3) is 0.571. The maximum atomic E-state index is 12.8. The third-order valence-corrected chi connectivity index (χ3v) is 6.10. The largest absolute Gasteiger partial charge is 0.337 e. The molecule has 0 unspecified atom stereocenters. The van der Waals surface area contributed by atoms with Crippen molar-refractivity contribution in [2.75, 3.05) is 13.1 Å². The van der Waals surface area contributed by atoms with Gasteiger partial charge in [-0.25, -0.2) is 13.4 Å². The molecule has 0 amide bonds. The van der Waals surface area contributed by atoms with Gasteiger partial charge in [0.2, 0.25) is 10.0 Å². The summed E-state index contributed by atoms with van der Waals surface area (Å²) in [5.41, 5.74) is 1.50. The summed E-state index contributed by atoms with van der Waals surface area (Å²) in [6, 6.07) is 0. The Hall–Kier alpha value is -1.67. The SMILES string of the molecule is Cc1cn(C)c([C@H]2CCN(S(=O)(=O)c3cn(C)nc3C)C2)n1. The van der Waals surface area contributed by atoms with Crippen LogP contribution in [0.3, 0.4) is 0 Å². The first-order valence-electron chi connectivity index (χ1n) is 7.29. The molecular weight excluding hydrogens is 302 g/mol. The van der Waals surface area contributed by atoms with Crippen LogP contribution in [0.5, 0.6) is 0 Å². The molecule has 0 spiro atoms. The lowest BCUT2D eigenvalue weighted by Crippen LogP contribution is -2.29. The average molecular weight is 323 g/mol. The number of imidazole rings is 1. The highest BCUT2D eigenvalue weighted by molar-refractivity contribution is 7.89. The van der Waals surface area contributed by atoms with E-state index in [1.807, 2.05) is 24.7 Å². The molecule has 1 atom stereocenters. The zero-order valence-corrected chi connectivity index (χ0v) is 14.1. The van der Waals surface area contributed by atoms with Crippen LogP contribution in [-0.4, -0.2) is 45.1 Å². The van der Waals surface area contributed by atoms with E-state index in [-0.39, 0.29) is 5.92 Å². The van der Waals surface area contributed by atoms with Gasteiger partial charge in [-0.2, -0.15) is 9.40 Å². The van der Waals surface area contributed by atoms with Crippen molar-refractivity contribution in [1.29, 1.82) is 0 Å². The molecule has 0 bridgehead atoms. The normalized spacial score (nSPS) is 19.9. The second kappa shape index (κ2) is 5.20. The second-order valence-electron chi connectivity index (χ2n) is 5.95. The van der Waals surface area contributed by atoms with Crippen LogP contribution in [0.1, 0.15) is 29.6 Å². The Bertz CT molecular complexity index is 805. The molecule has 120 valence electrons. The van der Waals surface area contributed by atoms with Gasteiger partial charge in [0.05, 0.1) is 11.4 Å². The lowest BCUT2D eigenvalue weighted by atomic mass is 10.1. The zero-order chi connectivity index (χ0) is 16.1. The Morgan fingerprint density at radius 3 is 2.50 bits per heavy atom. The number of sulfonamides is 1. The highest BCUT2D eigenvalue weighted by atomic mass is 32.2. The van der Waals surface area contributed by atoms with E-state index in [9.17, 15) is 8.42 Å². The molecule has 7 nitrogen and oxygen atoms in total. The fourth-order valence-corrected chi connectivity index (χ4v) is 4.84. The van der Waals surface area contributed by atoms with E-state index in [4.69, 9.17) is 0 Å². The van der Waals surface area contributed by atoms with Gasteiger partial charge in [-0.15, -0.1) is 0 Å². The van der Waals surface area contributed by atoms with Gasteiger partial charge >= 0.3 is 0 Å². The van der Waals surface area contributed by atoms with Crippen LogP contribution in [0, 0.1) is 13.8 Å². The summed E-state index contributed by atoms with van der Waals surface area (Å²) in [6.45, 7) is 4.67. The van der Waals surface area contributed by atoms with E-state index in [1.54, 1.807) is 24.5 Å². The summed E-state index contributed by atoms with van der Waals surface area (Å²) in [7, 11) is 0.205. The number of hydrogen-bond acceptors (Lipinski definition) is 4.